The number of hydrogen-bond donors (Lipinski definition) is 1. The Balaban J connectivity index is 3.19. The van der Waals surface area contributed by atoms with Crippen LogP contribution in [-0.2, 0) is 35.0 Å². The fraction of sp³-hybridized carbons (Fsp3) is 0.643. The van der Waals surface area contributed by atoms with Crippen molar-refractivity contribution in [2.75, 3.05) is 26.9 Å². The molecule has 0 aliphatic heterocycles. The lowest BCUT2D eigenvalue weighted by Crippen LogP contribution is -2.51. The molecule has 1 atom stereocenters. The minimum atomic E-state index is -1.56. The average molecular weight is 554 g/mol. The van der Waals surface area contributed by atoms with Crippen molar-refractivity contribution in [2.24, 2.45) is 16.6 Å². The maximum atomic E-state index is 12.6. The molecule has 0 saturated heterocycles. The Labute approximate surface area is 230 Å². The zero-order valence-corrected chi connectivity index (χ0v) is 24.3. The lowest BCUT2D eigenvalue weighted by Gasteiger charge is -2.27. The zero-order chi connectivity index (χ0) is 29.9. The van der Waals surface area contributed by atoms with Crippen LogP contribution in [0.1, 0.15) is 73.3 Å². The highest BCUT2D eigenvalue weighted by molar-refractivity contribution is 5.81. The molecular formula is C28H43NO10. The van der Waals surface area contributed by atoms with Gasteiger partial charge in [-0.3, -0.25) is 9.59 Å². The summed E-state index contributed by atoms with van der Waals surface area (Å²) in [6.07, 6.45) is -1.19. The van der Waals surface area contributed by atoms with Gasteiger partial charge in [0, 0.05) is 19.3 Å². The molecule has 0 bridgehead atoms. The van der Waals surface area contributed by atoms with Crippen LogP contribution in [-0.4, -0.2) is 56.7 Å². The molecule has 0 fully saturated rings. The van der Waals surface area contributed by atoms with Crippen LogP contribution >= 0.6 is 0 Å². The molecule has 0 spiro atoms. The highest BCUT2D eigenvalue weighted by Crippen LogP contribution is 2.31. The van der Waals surface area contributed by atoms with E-state index in [1.165, 1.54) is 19.2 Å². The smallest absolute Gasteiger partial charge is 0.468 e. The number of methoxy groups -OCH3 is 1. The van der Waals surface area contributed by atoms with Crippen molar-refractivity contribution in [3.63, 3.8) is 0 Å². The van der Waals surface area contributed by atoms with Gasteiger partial charge in [0.25, 0.3) is 0 Å². The van der Waals surface area contributed by atoms with E-state index >= 15 is 0 Å². The topological polar surface area (TPSA) is 150 Å². The molecule has 1 aromatic rings. The quantitative estimate of drug-likeness (QED) is 0.213. The molecule has 0 saturated carbocycles. The van der Waals surface area contributed by atoms with Crippen LogP contribution < -0.4 is 15.2 Å². The standard InChI is InChI=1S/C28H43NO10/c1-9-10-22(30)35-14-13-28(29,23(31)34-8)16-19-11-12-20(38-24(32)36-17-26(2,3)4)21(15-19)39-25(33)37-18-27(5,6)7/h11-12,15H,9-10,13-14,16-18,29H2,1-8H3/t28-/m1/s1. The minimum absolute atomic E-state index is 0.0175. The van der Waals surface area contributed by atoms with E-state index < -0.39 is 29.8 Å². The predicted octanol–water partition coefficient (Wildman–Crippen LogP) is 4.96. The van der Waals surface area contributed by atoms with Crippen molar-refractivity contribution in [2.45, 2.75) is 79.7 Å². The number of carbonyl (C=O) groups is 4. The number of benzene rings is 1. The lowest BCUT2D eigenvalue weighted by molar-refractivity contribution is -0.151. The highest BCUT2D eigenvalue weighted by atomic mass is 16.7. The van der Waals surface area contributed by atoms with Crippen LogP contribution in [0.2, 0.25) is 0 Å². The molecule has 0 aromatic heterocycles. The Bertz CT molecular complexity index is 993. The van der Waals surface area contributed by atoms with Gasteiger partial charge in [-0.25, -0.2) is 9.59 Å². The Morgan fingerprint density at radius 3 is 1.85 bits per heavy atom. The molecule has 1 aromatic carbocycles. The zero-order valence-electron chi connectivity index (χ0n) is 24.3. The number of nitrogens with two attached hydrogens (primary N) is 1. The number of carbonyl (C=O) groups excluding carboxylic acids is 4. The Morgan fingerprint density at radius 2 is 1.36 bits per heavy atom. The Hall–Kier alpha value is -3.34. The molecule has 0 amide bonds. The van der Waals surface area contributed by atoms with Gasteiger partial charge in [0.15, 0.2) is 11.5 Å². The second-order valence-corrected chi connectivity index (χ2v) is 11.7. The molecular weight excluding hydrogens is 510 g/mol. The molecule has 0 aliphatic carbocycles. The number of esters is 2. The summed E-state index contributed by atoms with van der Waals surface area (Å²) in [4.78, 5) is 49.0. The molecule has 11 heteroatoms. The van der Waals surface area contributed by atoms with Gasteiger partial charge in [0.2, 0.25) is 0 Å². The van der Waals surface area contributed by atoms with Gasteiger partial charge >= 0.3 is 24.2 Å². The lowest BCUT2D eigenvalue weighted by atomic mass is 9.88. The summed E-state index contributed by atoms with van der Waals surface area (Å²) >= 11 is 0. The van der Waals surface area contributed by atoms with Crippen molar-refractivity contribution in [3.05, 3.63) is 23.8 Å². The summed E-state index contributed by atoms with van der Waals surface area (Å²) in [7, 11) is 1.20. The summed E-state index contributed by atoms with van der Waals surface area (Å²) in [5.74, 6) is -1.35. The van der Waals surface area contributed by atoms with E-state index in [1.807, 2.05) is 48.5 Å². The number of ether oxygens (including phenoxy) is 6. The second-order valence-electron chi connectivity index (χ2n) is 11.7. The summed E-state index contributed by atoms with van der Waals surface area (Å²) in [6.45, 7) is 13.3. The summed E-state index contributed by atoms with van der Waals surface area (Å²) in [5, 5.41) is 0. The number of hydrogen-bond acceptors (Lipinski definition) is 11. The van der Waals surface area contributed by atoms with E-state index in [0.29, 0.717) is 12.0 Å². The van der Waals surface area contributed by atoms with Gasteiger partial charge in [-0.2, -0.15) is 0 Å². The average Bonchev–Trinajstić information content (AvgIpc) is 2.82. The first-order valence-corrected chi connectivity index (χ1v) is 12.8. The molecule has 0 unspecified atom stereocenters. The van der Waals surface area contributed by atoms with Gasteiger partial charge in [-0.05, 0) is 34.9 Å². The van der Waals surface area contributed by atoms with Crippen LogP contribution in [0, 0.1) is 10.8 Å². The van der Waals surface area contributed by atoms with Crippen LogP contribution in [0.5, 0.6) is 11.5 Å². The SMILES string of the molecule is CCCC(=O)OCC[C@@](N)(Cc1ccc(OC(=O)OCC(C)(C)C)c(OC(=O)OCC(C)(C)C)c1)C(=O)OC. The first kappa shape index (κ1) is 33.7. The minimum Gasteiger partial charge on any atom is -0.468 e. The van der Waals surface area contributed by atoms with Crippen LogP contribution in [0.3, 0.4) is 0 Å². The van der Waals surface area contributed by atoms with E-state index in [0.717, 1.165) is 0 Å². The van der Waals surface area contributed by atoms with Crippen LogP contribution in [0.25, 0.3) is 0 Å². The van der Waals surface area contributed by atoms with Crippen molar-refractivity contribution in [3.8, 4) is 11.5 Å². The number of rotatable bonds is 12. The van der Waals surface area contributed by atoms with Crippen LogP contribution in [0.15, 0.2) is 18.2 Å². The normalized spacial score (nSPS) is 13.1. The molecule has 1 rings (SSSR count). The van der Waals surface area contributed by atoms with E-state index in [2.05, 4.69) is 0 Å². The van der Waals surface area contributed by atoms with Gasteiger partial charge in [-0.15, -0.1) is 0 Å². The second kappa shape index (κ2) is 14.7. The third-order valence-corrected chi connectivity index (χ3v) is 5.02. The molecule has 0 heterocycles. The summed E-state index contributed by atoms with van der Waals surface area (Å²) < 4.78 is 31.0. The summed E-state index contributed by atoms with van der Waals surface area (Å²) in [5.41, 5.74) is 4.69. The highest BCUT2D eigenvalue weighted by Gasteiger charge is 2.36. The van der Waals surface area contributed by atoms with E-state index in [4.69, 9.17) is 34.2 Å². The third kappa shape index (κ3) is 13.3. The molecule has 220 valence electrons. The van der Waals surface area contributed by atoms with Gasteiger partial charge in [0.05, 0.1) is 26.9 Å². The van der Waals surface area contributed by atoms with E-state index in [9.17, 15) is 19.2 Å². The maximum absolute atomic E-state index is 12.6. The first-order chi connectivity index (χ1) is 18.0. The predicted molar refractivity (Wildman–Crippen MR) is 142 cm³/mol. The third-order valence-electron chi connectivity index (χ3n) is 5.02. The van der Waals surface area contributed by atoms with Crippen molar-refractivity contribution >= 4 is 24.2 Å². The Kier molecular flexibility index (Phi) is 12.7. The van der Waals surface area contributed by atoms with Crippen molar-refractivity contribution < 1.29 is 47.6 Å². The fourth-order valence-corrected chi connectivity index (χ4v) is 3.07. The summed E-state index contributed by atoms with van der Waals surface area (Å²) in [6, 6.07) is 4.34. The van der Waals surface area contributed by atoms with Crippen LogP contribution in [0.4, 0.5) is 9.59 Å². The molecule has 0 radical (unpaired) electrons. The fourth-order valence-electron chi connectivity index (χ4n) is 3.07. The van der Waals surface area contributed by atoms with Crippen molar-refractivity contribution in [1.29, 1.82) is 0 Å². The van der Waals surface area contributed by atoms with Gasteiger partial charge in [0.1, 0.15) is 5.54 Å². The van der Waals surface area contributed by atoms with Gasteiger partial charge < -0.3 is 34.2 Å². The largest absolute Gasteiger partial charge is 0.513 e. The Morgan fingerprint density at radius 1 is 0.821 bits per heavy atom. The molecule has 39 heavy (non-hydrogen) atoms. The van der Waals surface area contributed by atoms with E-state index in [-0.39, 0.29) is 61.4 Å². The molecule has 2 N–H and O–H groups in total. The van der Waals surface area contributed by atoms with Gasteiger partial charge in [-0.1, -0.05) is 54.5 Å². The van der Waals surface area contributed by atoms with Crippen molar-refractivity contribution in [1.82, 2.24) is 0 Å². The first-order valence-electron chi connectivity index (χ1n) is 12.8. The molecule has 0 aliphatic rings. The molecule has 11 nitrogen and oxygen atoms in total. The van der Waals surface area contributed by atoms with E-state index in [1.54, 1.807) is 6.07 Å². The monoisotopic (exact) mass is 553 g/mol. The maximum Gasteiger partial charge on any atom is 0.513 e.